The van der Waals surface area contributed by atoms with Crippen molar-refractivity contribution in [3.05, 3.63) is 60.7 Å². The summed E-state index contributed by atoms with van der Waals surface area (Å²) in [6.07, 6.45) is 4.07. The number of hydrogen-bond donors (Lipinski definition) is 2. The van der Waals surface area contributed by atoms with Gasteiger partial charge in [-0.1, -0.05) is 42.8 Å². The summed E-state index contributed by atoms with van der Waals surface area (Å²) < 4.78 is 0. The van der Waals surface area contributed by atoms with Crippen molar-refractivity contribution in [2.24, 2.45) is 0 Å². The quantitative estimate of drug-likeness (QED) is 0.155. The van der Waals surface area contributed by atoms with Crippen molar-refractivity contribution in [3.63, 3.8) is 0 Å². The van der Waals surface area contributed by atoms with E-state index in [1.807, 2.05) is 54.7 Å². The van der Waals surface area contributed by atoms with Gasteiger partial charge in [0.25, 0.3) is 0 Å². The van der Waals surface area contributed by atoms with Gasteiger partial charge in [0.15, 0.2) is 0 Å². The molecule has 0 fully saturated rings. The summed E-state index contributed by atoms with van der Waals surface area (Å²) in [6, 6.07) is 21.3. The molecule has 1 unspecified atom stereocenters. The lowest BCUT2D eigenvalue weighted by molar-refractivity contribution is -0.121. The average Bonchev–Trinajstić information content (AvgIpc) is 2.86. The Balaban J connectivity index is 1.86. The van der Waals surface area contributed by atoms with Gasteiger partial charge in [-0.3, -0.25) is 9.63 Å². The molecule has 6 nitrogen and oxygen atoms in total. The smallest absolute Gasteiger partial charge is 0.234 e. The van der Waals surface area contributed by atoms with Crippen LogP contribution in [0.2, 0.25) is 0 Å². The average molecular weight is 533 g/mol. The largest absolute Gasteiger partial charge is 0.355 e. The van der Waals surface area contributed by atoms with Gasteiger partial charge in [-0.05, 0) is 71.7 Å². The SMILES string of the molecule is CN(C)CCC(CSc1ccccc1)ON[C@H](CCCCNC(=O)CN(C)C)CSc1ccccc1. The molecule has 0 aliphatic heterocycles. The highest BCUT2D eigenvalue weighted by molar-refractivity contribution is 7.99. The summed E-state index contributed by atoms with van der Waals surface area (Å²) >= 11 is 3.69. The lowest BCUT2D eigenvalue weighted by Gasteiger charge is -2.24. The number of thioether (sulfide) groups is 2. The van der Waals surface area contributed by atoms with Crippen LogP contribution in [0.15, 0.2) is 70.5 Å². The topological polar surface area (TPSA) is 56.8 Å². The molecular formula is C28H44N4O2S2. The molecule has 2 atom stereocenters. The zero-order valence-corrected chi connectivity index (χ0v) is 24.0. The fraction of sp³-hybridized carbons (Fsp3) is 0.536. The Kier molecular flexibility index (Phi) is 15.9. The molecule has 0 saturated heterocycles. The summed E-state index contributed by atoms with van der Waals surface area (Å²) in [5.41, 5.74) is 3.43. The molecule has 200 valence electrons. The number of carbonyl (C=O) groups excluding carboxylic acids is 1. The van der Waals surface area contributed by atoms with Crippen molar-refractivity contribution in [2.45, 2.75) is 47.6 Å². The molecule has 8 heteroatoms. The number of rotatable bonds is 19. The number of unbranched alkanes of at least 4 members (excludes halogenated alkanes) is 1. The molecular weight excluding hydrogens is 488 g/mol. The highest BCUT2D eigenvalue weighted by Gasteiger charge is 2.16. The second-order valence-electron chi connectivity index (χ2n) is 9.48. The van der Waals surface area contributed by atoms with E-state index in [0.717, 1.165) is 43.7 Å². The number of benzene rings is 2. The number of amides is 1. The molecule has 2 N–H and O–H groups in total. The third-order valence-corrected chi connectivity index (χ3v) is 7.75. The zero-order valence-electron chi connectivity index (χ0n) is 22.3. The lowest BCUT2D eigenvalue weighted by Crippen LogP contribution is -2.37. The van der Waals surface area contributed by atoms with Gasteiger partial charge in [0, 0.05) is 40.4 Å². The van der Waals surface area contributed by atoms with Crippen LogP contribution in [-0.4, -0.2) is 87.2 Å². The standard InChI is InChI=1S/C28H44N4O2S2/c1-31(2)20-18-25(23-36-27-16-9-6-10-17-27)34-30-24(22-35-26-14-7-5-8-15-26)13-11-12-19-29-28(33)21-32(3)4/h5-10,14-17,24-25,30H,11-13,18-23H2,1-4H3,(H,29,33)/t24-,25?/m1/s1. The van der Waals surface area contributed by atoms with Crippen LogP contribution in [-0.2, 0) is 9.63 Å². The van der Waals surface area contributed by atoms with Crippen LogP contribution >= 0.6 is 23.5 Å². The van der Waals surface area contributed by atoms with Crippen molar-refractivity contribution in [1.82, 2.24) is 20.6 Å². The molecule has 36 heavy (non-hydrogen) atoms. The molecule has 0 spiro atoms. The molecule has 0 aromatic heterocycles. The third-order valence-electron chi connectivity index (χ3n) is 5.43. The fourth-order valence-corrected chi connectivity index (χ4v) is 5.39. The van der Waals surface area contributed by atoms with Crippen molar-refractivity contribution in [2.75, 3.05) is 59.3 Å². The first-order valence-corrected chi connectivity index (χ1v) is 14.7. The zero-order chi connectivity index (χ0) is 26.0. The highest BCUT2D eigenvalue weighted by atomic mass is 32.2. The van der Waals surface area contributed by atoms with Crippen LogP contribution in [0.1, 0.15) is 25.7 Å². The Morgan fingerprint density at radius 3 is 2.03 bits per heavy atom. The predicted molar refractivity (Wildman–Crippen MR) is 155 cm³/mol. The van der Waals surface area contributed by atoms with Crippen molar-refractivity contribution in [3.8, 4) is 0 Å². The van der Waals surface area contributed by atoms with Crippen LogP contribution in [0.4, 0.5) is 0 Å². The van der Waals surface area contributed by atoms with E-state index in [1.165, 1.54) is 9.79 Å². The first kappa shape index (κ1) is 30.7. The monoisotopic (exact) mass is 532 g/mol. The van der Waals surface area contributed by atoms with Crippen LogP contribution in [0, 0.1) is 0 Å². The summed E-state index contributed by atoms with van der Waals surface area (Å²) in [5, 5.41) is 3.01. The van der Waals surface area contributed by atoms with Gasteiger partial charge in [-0.25, -0.2) is 0 Å². The minimum absolute atomic E-state index is 0.0808. The van der Waals surface area contributed by atoms with E-state index in [9.17, 15) is 4.79 Å². The van der Waals surface area contributed by atoms with Crippen LogP contribution in [0.5, 0.6) is 0 Å². The molecule has 0 bridgehead atoms. The van der Waals surface area contributed by atoms with E-state index in [2.05, 4.69) is 78.3 Å². The van der Waals surface area contributed by atoms with Gasteiger partial charge in [0.1, 0.15) is 0 Å². The maximum absolute atomic E-state index is 11.9. The van der Waals surface area contributed by atoms with Crippen LogP contribution in [0.3, 0.4) is 0 Å². The maximum atomic E-state index is 11.9. The molecule has 2 aromatic rings. The summed E-state index contributed by atoms with van der Waals surface area (Å²) in [5.74, 6) is 1.92. The van der Waals surface area contributed by atoms with Crippen molar-refractivity contribution >= 4 is 29.4 Å². The first-order valence-electron chi connectivity index (χ1n) is 12.8. The van der Waals surface area contributed by atoms with E-state index in [0.29, 0.717) is 13.1 Å². The second-order valence-corrected chi connectivity index (χ2v) is 11.7. The van der Waals surface area contributed by atoms with E-state index < -0.39 is 0 Å². The number of nitrogens with one attached hydrogen (secondary N) is 2. The Bertz CT molecular complexity index is 825. The van der Waals surface area contributed by atoms with E-state index >= 15 is 0 Å². The maximum Gasteiger partial charge on any atom is 0.234 e. The molecule has 0 aliphatic carbocycles. The minimum Gasteiger partial charge on any atom is -0.355 e. The van der Waals surface area contributed by atoms with Crippen LogP contribution in [0.25, 0.3) is 0 Å². The van der Waals surface area contributed by atoms with Gasteiger partial charge in [-0.2, -0.15) is 5.48 Å². The number of nitrogens with zero attached hydrogens (tertiary/aromatic N) is 2. The Hall–Kier alpha value is -1.55. The van der Waals surface area contributed by atoms with E-state index in [1.54, 1.807) is 0 Å². The molecule has 0 saturated carbocycles. The normalized spacial score (nSPS) is 13.2. The lowest BCUT2D eigenvalue weighted by atomic mass is 10.1. The van der Waals surface area contributed by atoms with Gasteiger partial charge in [0.2, 0.25) is 5.91 Å². The molecule has 0 radical (unpaired) electrons. The van der Waals surface area contributed by atoms with Crippen molar-refractivity contribution < 1.29 is 9.63 Å². The van der Waals surface area contributed by atoms with Gasteiger partial charge in [0.05, 0.1) is 12.6 Å². The van der Waals surface area contributed by atoms with Gasteiger partial charge in [-0.15, -0.1) is 23.5 Å². The molecule has 1 amide bonds. The minimum atomic E-state index is 0.0808. The number of carbonyl (C=O) groups is 1. The molecule has 2 rings (SSSR count). The van der Waals surface area contributed by atoms with Gasteiger partial charge >= 0.3 is 0 Å². The Morgan fingerprint density at radius 1 is 0.833 bits per heavy atom. The third kappa shape index (κ3) is 14.9. The van der Waals surface area contributed by atoms with E-state index in [-0.39, 0.29) is 18.1 Å². The first-order chi connectivity index (χ1) is 17.4. The Labute approximate surface area is 226 Å². The summed E-state index contributed by atoms with van der Waals surface area (Å²) in [6.45, 7) is 2.13. The summed E-state index contributed by atoms with van der Waals surface area (Å²) in [4.78, 5) is 24.8. The number of hydrogen-bond acceptors (Lipinski definition) is 7. The Morgan fingerprint density at radius 2 is 1.44 bits per heavy atom. The van der Waals surface area contributed by atoms with Crippen LogP contribution < -0.4 is 10.8 Å². The fourth-order valence-electron chi connectivity index (χ4n) is 3.45. The summed E-state index contributed by atoms with van der Waals surface area (Å²) in [7, 11) is 8.02. The van der Waals surface area contributed by atoms with Gasteiger partial charge < -0.3 is 15.1 Å². The molecule has 0 aliphatic rings. The predicted octanol–water partition coefficient (Wildman–Crippen LogP) is 4.63. The molecule has 2 aromatic carbocycles. The van der Waals surface area contributed by atoms with Crippen molar-refractivity contribution in [1.29, 1.82) is 0 Å². The molecule has 0 heterocycles. The second kappa shape index (κ2) is 18.7. The number of hydroxylamine groups is 1. The highest BCUT2D eigenvalue weighted by Crippen LogP contribution is 2.22. The number of likely N-dealkylation sites (N-methyl/N-ethyl adjacent to an activating group) is 1. The van der Waals surface area contributed by atoms with E-state index in [4.69, 9.17) is 4.84 Å².